The molecule has 2 aromatic rings. The zero-order valence-electron chi connectivity index (χ0n) is 13.6. The Morgan fingerprint density at radius 1 is 1.33 bits per heavy atom. The second-order valence-electron chi connectivity index (χ2n) is 5.30. The lowest BCUT2D eigenvalue weighted by Crippen LogP contribution is -2.27. The average Bonchev–Trinajstić information content (AvgIpc) is 2.91. The number of anilines is 1. The van der Waals surface area contributed by atoms with Gasteiger partial charge < -0.3 is 4.74 Å². The molecule has 0 N–H and O–H groups in total. The molecule has 1 fully saturated rings. The molecule has 1 aliphatic rings. The Hall–Kier alpha value is -1.94. The fourth-order valence-electron chi connectivity index (χ4n) is 2.40. The van der Waals surface area contributed by atoms with Crippen LogP contribution in [0, 0.1) is 10.1 Å². The van der Waals surface area contributed by atoms with Crippen molar-refractivity contribution < 1.29 is 14.5 Å². The van der Waals surface area contributed by atoms with E-state index in [2.05, 4.69) is 15.9 Å². The smallest absolute Gasteiger partial charge is 0.270 e. The molecule has 1 saturated heterocycles. The first-order chi connectivity index (χ1) is 12.8. The summed E-state index contributed by atoms with van der Waals surface area (Å²) < 4.78 is 6.28. The summed E-state index contributed by atoms with van der Waals surface area (Å²) in [7, 11) is 1.45. The maximum Gasteiger partial charge on any atom is 0.270 e. The summed E-state index contributed by atoms with van der Waals surface area (Å²) in [5, 5.41) is 11.5. The van der Waals surface area contributed by atoms with Crippen molar-refractivity contribution in [3.63, 3.8) is 0 Å². The average molecular weight is 486 g/mol. The normalized spacial score (nSPS) is 15.5. The van der Waals surface area contributed by atoms with E-state index in [1.165, 1.54) is 36.3 Å². The summed E-state index contributed by atoms with van der Waals surface area (Å²) in [6, 6.07) is 9.25. The molecular weight excluding hydrogens is 476 g/mol. The molecule has 3 rings (SSSR count). The van der Waals surface area contributed by atoms with Crippen molar-refractivity contribution in [3.8, 4) is 5.75 Å². The predicted octanol–water partition coefficient (Wildman–Crippen LogP) is 5.43. The number of ether oxygens (including phenoxy) is 1. The van der Waals surface area contributed by atoms with Crippen molar-refractivity contribution >= 4 is 79.2 Å². The van der Waals surface area contributed by atoms with Crippen LogP contribution < -0.4 is 9.64 Å². The van der Waals surface area contributed by atoms with Gasteiger partial charge in [-0.05, 0) is 46.3 Å². The fraction of sp³-hybridized carbons (Fsp3) is 0.0588. The number of nitro benzene ring substituents is 1. The van der Waals surface area contributed by atoms with Gasteiger partial charge in [-0.25, -0.2) is 0 Å². The molecule has 0 unspecified atom stereocenters. The van der Waals surface area contributed by atoms with Crippen LogP contribution in [0.3, 0.4) is 0 Å². The first-order valence-electron chi connectivity index (χ1n) is 7.37. The number of methoxy groups -OCH3 is 1. The number of thioether (sulfide) groups is 1. The third-order valence-corrected chi connectivity index (χ3v) is 6.20. The second kappa shape index (κ2) is 7.97. The van der Waals surface area contributed by atoms with Crippen LogP contribution in [0.2, 0.25) is 5.02 Å². The first-order valence-corrected chi connectivity index (χ1v) is 9.77. The van der Waals surface area contributed by atoms with Gasteiger partial charge in [-0.2, -0.15) is 0 Å². The molecule has 10 heteroatoms. The van der Waals surface area contributed by atoms with Crippen molar-refractivity contribution in [3.05, 3.63) is 66.5 Å². The number of carbonyl (C=O) groups is 1. The number of hydrogen-bond acceptors (Lipinski definition) is 6. The minimum absolute atomic E-state index is 0.0998. The van der Waals surface area contributed by atoms with Crippen LogP contribution in [0.15, 0.2) is 45.8 Å². The second-order valence-corrected chi connectivity index (χ2v) is 8.24. The van der Waals surface area contributed by atoms with E-state index in [0.29, 0.717) is 35.7 Å². The van der Waals surface area contributed by atoms with Gasteiger partial charge in [0.1, 0.15) is 5.75 Å². The Morgan fingerprint density at radius 2 is 2.07 bits per heavy atom. The van der Waals surface area contributed by atoms with Crippen molar-refractivity contribution in [2.45, 2.75) is 0 Å². The van der Waals surface area contributed by atoms with Crippen LogP contribution in [-0.2, 0) is 4.79 Å². The maximum atomic E-state index is 12.9. The summed E-state index contributed by atoms with van der Waals surface area (Å²) in [6.45, 7) is 0. The number of non-ortho nitro benzene ring substituents is 1. The summed E-state index contributed by atoms with van der Waals surface area (Å²) >= 11 is 15.8. The van der Waals surface area contributed by atoms with Gasteiger partial charge in [-0.1, -0.05) is 35.6 Å². The highest BCUT2D eigenvalue weighted by molar-refractivity contribution is 9.10. The number of rotatable bonds is 4. The summed E-state index contributed by atoms with van der Waals surface area (Å²) in [5.41, 5.74) is 0.860. The molecule has 0 bridgehead atoms. The van der Waals surface area contributed by atoms with E-state index in [0.717, 1.165) is 11.8 Å². The summed E-state index contributed by atoms with van der Waals surface area (Å²) in [4.78, 5) is 25.1. The van der Waals surface area contributed by atoms with Crippen LogP contribution in [0.1, 0.15) is 5.56 Å². The highest BCUT2D eigenvalue weighted by Crippen LogP contribution is 2.39. The monoisotopic (exact) mass is 484 g/mol. The van der Waals surface area contributed by atoms with E-state index in [9.17, 15) is 14.9 Å². The standard InChI is InChI=1S/C17H10BrClN2O4S2/c1-25-14-5-3-11(21(23)24)6-9(14)7-15-16(22)20(17(26)27-15)10-2-4-12(18)13(19)8-10/h2-8H,1H3/b15-7+. The van der Waals surface area contributed by atoms with Gasteiger partial charge in [0.25, 0.3) is 11.6 Å². The first kappa shape index (κ1) is 19.8. The van der Waals surface area contributed by atoms with E-state index in [-0.39, 0.29) is 11.6 Å². The quantitative estimate of drug-likeness (QED) is 0.249. The van der Waals surface area contributed by atoms with Crippen LogP contribution in [0.4, 0.5) is 11.4 Å². The van der Waals surface area contributed by atoms with E-state index < -0.39 is 4.92 Å². The number of nitrogens with zero attached hydrogens (tertiary/aromatic N) is 2. The highest BCUT2D eigenvalue weighted by Gasteiger charge is 2.33. The lowest BCUT2D eigenvalue weighted by atomic mass is 10.1. The molecule has 1 aliphatic heterocycles. The zero-order valence-corrected chi connectivity index (χ0v) is 17.6. The molecule has 1 heterocycles. The number of halogens is 2. The maximum absolute atomic E-state index is 12.9. The zero-order chi connectivity index (χ0) is 19.7. The van der Waals surface area contributed by atoms with Gasteiger partial charge >= 0.3 is 0 Å². The number of carbonyl (C=O) groups excluding carboxylic acids is 1. The van der Waals surface area contributed by atoms with Crippen molar-refractivity contribution in [1.29, 1.82) is 0 Å². The van der Waals surface area contributed by atoms with Gasteiger partial charge in [0, 0.05) is 22.2 Å². The minimum Gasteiger partial charge on any atom is -0.496 e. The number of benzene rings is 2. The van der Waals surface area contributed by atoms with E-state index in [1.54, 1.807) is 18.2 Å². The van der Waals surface area contributed by atoms with E-state index in [1.807, 2.05) is 0 Å². The van der Waals surface area contributed by atoms with Crippen LogP contribution >= 0.6 is 51.5 Å². The fourth-order valence-corrected chi connectivity index (χ4v) is 4.12. The van der Waals surface area contributed by atoms with Crippen molar-refractivity contribution in [1.82, 2.24) is 0 Å². The molecule has 0 aliphatic carbocycles. The highest BCUT2D eigenvalue weighted by atomic mass is 79.9. The van der Waals surface area contributed by atoms with Gasteiger partial charge in [-0.15, -0.1) is 0 Å². The van der Waals surface area contributed by atoms with Gasteiger partial charge in [0.2, 0.25) is 0 Å². The molecule has 138 valence electrons. The van der Waals surface area contributed by atoms with E-state index in [4.69, 9.17) is 28.6 Å². The van der Waals surface area contributed by atoms with Crippen LogP contribution in [0.25, 0.3) is 6.08 Å². The molecule has 0 spiro atoms. The third kappa shape index (κ3) is 4.01. The summed E-state index contributed by atoms with van der Waals surface area (Å²) in [6.07, 6.45) is 1.53. The van der Waals surface area contributed by atoms with Crippen LogP contribution in [0.5, 0.6) is 5.75 Å². The predicted molar refractivity (Wildman–Crippen MR) is 114 cm³/mol. The van der Waals surface area contributed by atoms with Gasteiger partial charge in [0.05, 0.1) is 27.6 Å². The number of nitro groups is 1. The van der Waals surface area contributed by atoms with Gasteiger partial charge in [-0.3, -0.25) is 19.8 Å². The van der Waals surface area contributed by atoms with Gasteiger partial charge in [0.15, 0.2) is 4.32 Å². The molecular formula is C17H10BrClN2O4S2. The Kier molecular flexibility index (Phi) is 5.85. The molecule has 27 heavy (non-hydrogen) atoms. The van der Waals surface area contributed by atoms with Crippen molar-refractivity contribution in [2.24, 2.45) is 0 Å². The lowest BCUT2D eigenvalue weighted by Gasteiger charge is -2.15. The molecule has 2 aromatic carbocycles. The number of hydrogen-bond donors (Lipinski definition) is 0. The third-order valence-electron chi connectivity index (χ3n) is 3.67. The molecule has 0 saturated carbocycles. The molecule has 0 atom stereocenters. The minimum atomic E-state index is -0.508. The van der Waals surface area contributed by atoms with Crippen molar-refractivity contribution in [2.75, 3.05) is 12.0 Å². The van der Waals surface area contributed by atoms with E-state index >= 15 is 0 Å². The Morgan fingerprint density at radius 3 is 2.70 bits per heavy atom. The number of thiocarbonyl (C=S) groups is 1. The lowest BCUT2D eigenvalue weighted by molar-refractivity contribution is -0.384. The van der Waals surface area contributed by atoms with Crippen LogP contribution in [-0.4, -0.2) is 22.3 Å². The summed E-state index contributed by atoms with van der Waals surface area (Å²) in [5.74, 6) is 0.0782. The molecule has 1 amide bonds. The number of amides is 1. The Balaban J connectivity index is 2.00. The Labute approximate surface area is 177 Å². The molecule has 6 nitrogen and oxygen atoms in total. The SMILES string of the molecule is COc1ccc([N+](=O)[O-])cc1/C=C1/SC(=S)N(c2ccc(Br)c(Cl)c2)C1=O. The largest absolute Gasteiger partial charge is 0.496 e. The topological polar surface area (TPSA) is 72.7 Å². The molecule has 0 aromatic heterocycles. The Bertz CT molecular complexity index is 1010. The molecule has 0 radical (unpaired) electrons.